The number of hydrogen-bond donors (Lipinski definition) is 0. The molecule has 1 atom stereocenters. The number of para-hydroxylation sites is 1. The number of nitrogens with zero attached hydrogens (tertiary/aromatic N) is 3. The first-order valence-corrected chi connectivity index (χ1v) is 11.2. The smallest absolute Gasteiger partial charge is 0.270 e. The molecule has 2 saturated heterocycles. The maximum atomic E-state index is 13.9. The maximum Gasteiger partial charge on any atom is 0.270 e. The largest absolute Gasteiger partial charge is 0.496 e. The number of benzene rings is 2. The van der Waals surface area contributed by atoms with Gasteiger partial charge in [-0.3, -0.25) is 14.9 Å². The molecular formula is C24H29N3O6. The molecule has 0 bridgehead atoms. The van der Waals surface area contributed by atoms with E-state index in [9.17, 15) is 14.9 Å². The van der Waals surface area contributed by atoms with Gasteiger partial charge in [0, 0.05) is 50.5 Å². The summed E-state index contributed by atoms with van der Waals surface area (Å²) in [7, 11) is 1.60. The van der Waals surface area contributed by atoms with Crippen LogP contribution in [0, 0.1) is 10.1 Å². The number of nitro benzene ring substituents is 1. The highest BCUT2D eigenvalue weighted by Crippen LogP contribution is 2.30. The van der Waals surface area contributed by atoms with Crippen molar-refractivity contribution in [3.05, 3.63) is 63.7 Å². The first-order chi connectivity index (χ1) is 16.1. The Labute approximate surface area is 193 Å². The predicted molar refractivity (Wildman–Crippen MR) is 123 cm³/mol. The van der Waals surface area contributed by atoms with Crippen LogP contribution in [0.1, 0.15) is 28.8 Å². The van der Waals surface area contributed by atoms with Gasteiger partial charge in [0.15, 0.2) is 0 Å². The van der Waals surface area contributed by atoms with Crippen LogP contribution < -0.4 is 9.64 Å². The number of rotatable bonds is 8. The van der Waals surface area contributed by atoms with Gasteiger partial charge in [0.05, 0.1) is 42.6 Å². The lowest BCUT2D eigenvalue weighted by atomic mass is 10.1. The second-order valence-corrected chi connectivity index (χ2v) is 8.19. The monoisotopic (exact) mass is 455 g/mol. The third-order valence-electron chi connectivity index (χ3n) is 6.06. The number of carbonyl (C=O) groups is 1. The van der Waals surface area contributed by atoms with Crippen LogP contribution in [0.2, 0.25) is 0 Å². The predicted octanol–water partition coefficient (Wildman–Crippen LogP) is 3.26. The van der Waals surface area contributed by atoms with E-state index in [1.165, 1.54) is 12.1 Å². The summed E-state index contributed by atoms with van der Waals surface area (Å²) >= 11 is 0. The molecule has 0 spiro atoms. The molecule has 9 heteroatoms. The van der Waals surface area contributed by atoms with Crippen molar-refractivity contribution in [2.24, 2.45) is 0 Å². The summed E-state index contributed by atoms with van der Waals surface area (Å²) in [6, 6.07) is 12.1. The summed E-state index contributed by atoms with van der Waals surface area (Å²) < 4.78 is 16.8. The summed E-state index contributed by atoms with van der Waals surface area (Å²) in [5.41, 5.74) is 1.76. The topological polar surface area (TPSA) is 94.4 Å². The number of carbonyl (C=O) groups excluding carboxylic acids is 1. The van der Waals surface area contributed by atoms with Crippen LogP contribution in [0.3, 0.4) is 0 Å². The zero-order chi connectivity index (χ0) is 23.2. The van der Waals surface area contributed by atoms with Gasteiger partial charge in [0.2, 0.25) is 0 Å². The van der Waals surface area contributed by atoms with Gasteiger partial charge < -0.3 is 24.0 Å². The Hall–Kier alpha value is -3.17. The molecule has 0 aromatic heterocycles. The molecule has 2 aromatic carbocycles. The molecule has 0 N–H and O–H groups in total. The molecule has 0 saturated carbocycles. The second kappa shape index (κ2) is 10.6. The standard InChI is InChI=1S/C24H29N3O6/c1-31-23-7-3-2-5-18(23)16-26(17-20-6-4-12-33-20)24(28)21-15-19(27(29)30)8-9-22(21)25-10-13-32-14-11-25/h2-3,5,7-9,15,20H,4,6,10-14,16-17H2,1H3. The van der Waals surface area contributed by atoms with Crippen LogP contribution in [0.25, 0.3) is 0 Å². The lowest BCUT2D eigenvalue weighted by molar-refractivity contribution is -0.384. The molecule has 2 aliphatic rings. The highest BCUT2D eigenvalue weighted by molar-refractivity contribution is 6.00. The van der Waals surface area contributed by atoms with Crippen molar-refractivity contribution in [3.8, 4) is 5.75 Å². The van der Waals surface area contributed by atoms with Crippen LogP contribution in [0.5, 0.6) is 5.75 Å². The first-order valence-electron chi connectivity index (χ1n) is 11.2. The SMILES string of the molecule is COc1ccccc1CN(CC1CCCO1)C(=O)c1cc([N+](=O)[O-])ccc1N1CCOCC1. The van der Waals surface area contributed by atoms with Crippen molar-refractivity contribution in [2.45, 2.75) is 25.5 Å². The van der Waals surface area contributed by atoms with E-state index >= 15 is 0 Å². The van der Waals surface area contributed by atoms with Gasteiger partial charge in [-0.15, -0.1) is 0 Å². The van der Waals surface area contributed by atoms with E-state index in [2.05, 4.69) is 0 Å². The fraction of sp³-hybridized carbons (Fsp3) is 0.458. The van der Waals surface area contributed by atoms with E-state index in [1.54, 1.807) is 18.1 Å². The van der Waals surface area contributed by atoms with Gasteiger partial charge in [-0.05, 0) is 25.0 Å². The zero-order valence-corrected chi connectivity index (χ0v) is 18.8. The third-order valence-corrected chi connectivity index (χ3v) is 6.06. The average molecular weight is 456 g/mol. The van der Waals surface area contributed by atoms with Crippen LogP contribution in [-0.2, 0) is 16.0 Å². The minimum Gasteiger partial charge on any atom is -0.496 e. The maximum absolute atomic E-state index is 13.9. The van der Waals surface area contributed by atoms with Gasteiger partial charge in [-0.1, -0.05) is 18.2 Å². The minimum atomic E-state index is -0.468. The van der Waals surface area contributed by atoms with Crippen molar-refractivity contribution >= 4 is 17.3 Å². The van der Waals surface area contributed by atoms with Crippen LogP contribution >= 0.6 is 0 Å². The molecule has 0 radical (unpaired) electrons. The first kappa shape index (κ1) is 23.0. The fourth-order valence-corrected chi connectivity index (χ4v) is 4.35. The van der Waals surface area contributed by atoms with E-state index in [0.717, 1.165) is 18.4 Å². The molecule has 4 rings (SSSR count). The highest BCUT2D eigenvalue weighted by atomic mass is 16.6. The number of ether oxygens (including phenoxy) is 3. The molecule has 176 valence electrons. The van der Waals surface area contributed by atoms with E-state index in [-0.39, 0.29) is 17.7 Å². The number of amides is 1. The molecule has 2 aliphatic heterocycles. The summed E-state index contributed by atoms with van der Waals surface area (Å²) in [5, 5.41) is 11.5. The Morgan fingerprint density at radius 2 is 2.00 bits per heavy atom. The van der Waals surface area contributed by atoms with Crippen molar-refractivity contribution in [2.75, 3.05) is 51.5 Å². The van der Waals surface area contributed by atoms with E-state index in [4.69, 9.17) is 14.2 Å². The molecule has 2 aromatic rings. The van der Waals surface area contributed by atoms with Crippen molar-refractivity contribution in [1.29, 1.82) is 0 Å². The number of methoxy groups -OCH3 is 1. The molecule has 1 amide bonds. The van der Waals surface area contributed by atoms with Crippen molar-refractivity contribution in [1.82, 2.24) is 4.90 Å². The second-order valence-electron chi connectivity index (χ2n) is 8.19. The lowest BCUT2D eigenvalue weighted by Crippen LogP contribution is -2.40. The summed E-state index contributed by atoms with van der Waals surface area (Å²) in [6.07, 6.45) is 1.77. The number of anilines is 1. The average Bonchev–Trinajstić information content (AvgIpc) is 3.37. The Morgan fingerprint density at radius 1 is 1.21 bits per heavy atom. The quantitative estimate of drug-likeness (QED) is 0.445. The summed E-state index contributed by atoms with van der Waals surface area (Å²) in [5.74, 6) is 0.427. The molecule has 33 heavy (non-hydrogen) atoms. The Kier molecular flexibility index (Phi) is 7.41. The fourth-order valence-electron chi connectivity index (χ4n) is 4.35. The van der Waals surface area contributed by atoms with Crippen LogP contribution in [-0.4, -0.2) is 68.4 Å². The number of hydrogen-bond acceptors (Lipinski definition) is 7. The van der Waals surface area contributed by atoms with E-state index in [0.29, 0.717) is 63.0 Å². The number of non-ortho nitro benzene ring substituents is 1. The van der Waals surface area contributed by atoms with Gasteiger partial charge in [-0.25, -0.2) is 0 Å². The van der Waals surface area contributed by atoms with Crippen LogP contribution in [0.15, 0.2) is 42.5 Å². The molecular weight excluding hydrogens is 426 g/mol. The molecule has 1 unspecified atom stereocenters. The molecule has 2 fully saturated rings. The Balaban J connectivity index is 1.70. The number of morpholine rings is 1. The van der Waals surface area contributed by atoms with E-state index in [1.807, 2.05) is 29.2 Å². The van der Waals surface area contributed by atoms with E-state index < -0.39 is 4.92 Å². The van der Waals surface area contributed by atoms with Gasteiger partial charge in [0.25, 0.3) is 11.6 Å². The normalized spacial score (nSPS) is 18.2. The third kappa shape index (κ3) is 5.43. The Morgan fingerprint density at radius 3 is 2.70 bits per heavy atom. The summed E-state index contributed by atoms with van der Waals surface area (Å²) in [4.78, 5) is 28.7. The number of nitro groups is 1. The highest BCUT2D eigenvalue weighted by Gasteiger charge is 2.29. The summed E-state index contributed by atoms with van der Waals surface area (Å²) in [6.45, 7) is 3.73. The molecule has 2 heterocycles. The molecule has 9 nitrogen and oxygen atoms in total. The zero-order valence-electron chi connectivity index (χ0n) is 18.8. The van der Waals surface area contributed by atoms with Crippen LogP contribution in [0.4, 0.5) is 11.4 Å². The van der Waals surface area contributed by atoms with Crippen molar-refractivity contribution in [3.63, 3.8) is 0 Å². The lowest BCUT2D eigenvalue weighted by Gasteiger charge is -2.32. The van der Waals surface area contributed by atoms with Crippen molar-refractivity contribution < 1.29 is 23.9 Å². The minimum absolute atomic E-state index is 0.0609. The van der Waals surface area contributed by atoms with Gasteiger partial charge in [0.1, 0.15) is 5.75 Å². The molecule has 0 aliphatic carbocycles. The van der Waals surface area contributed by atoms with Gasteiger partial charge in [-0.2, -0.15) is 0 Å². The van der Waals surface area contributed by atoms with Gasteiger partial charge >= 0.3 is 0 Å². The Bertz CT molecular complexity index is 986.